The average molecular weight is 328 g/mol. The van der Waals surface area contributed by atoms with E-state index in [0.29, 0.717) is 18.7 Å². The predicted octanol–water partition coefficient (Wildman–Crippen LogP) is 1.36. The standard InChI is InChI=1S/C18H24N4O2/c1-3-21-11-12-22(13-15(21)17-19-9-10-20(17)2)18(24)16(23)14-7-5-4-6-8-14/h4-10,15-16,23H,3,11-13H2,1-2H3/t15?,16-/m0/s1. The Morgan fingerprint density at radius 3 is 2.71 bits per heavy atom. The Morgan fingerprint density at radius 1 is 1.33 bits per heavy atom. The van der Waals surface area contributed by atoms with E-state index in [9.17, 15) is 9.90 Å². The minimum Gasteiger partial charge on any atom is -0.378 e. The van der Waals surface area contributed by atoms with Crippen molar-refractivity contribution in [2.75, 3.05) is 26.2 Å². The number of carbonyl (C=O) groups is 1. The second-order valence-corrected chi connectivity index (χ2v) is 6.14. The number of benzene rings is 1. The van der Waals surface area contributed by atoms with Crippen LogP contribution in [0, 0.1) is 0 Å². The van der Waals surface area contributed by atoms with Crippen LogP contribution < -0.4 is 0 Å². The summed E-state index contributed by atoms with van der Waals surface area (Å²) < 4.78 is 1.99. The summed E-state index contributed by atoms with van der Waals surface area (Å²) in [5.41, 5.74) is 0.633. The van der Waals surface area contributed by atoms with Gasteiger partial charge in [-0.15, -0.1) is 0 Å². The Kier molecular flexibility index (Phi) is 4.97. The minimum absolute atomic E-state index is 0.0515. The molecule has 1 aromatic heterocycles. The molecule has 0 saturated carbocycles. The van der Waals surface area contributed by atoms with E-state index in [0.717, 1.165) is 18.9 Å². The van der Waals surface area contributed by atoms with E-state index in [2.05, 4.69) is 16.8 Å². The first-order valence-electron chi connectivity index (χ1n) is 8.35. The summed E-state index contributed by atoms with van der Waals surface area (Å²) in [5.74, 6) is 0.708. The van der Waals surface area contributed by atoms with Crippen molar-refractivity contribution < 1.29 is 9.90 Å². The molecule has 1 aliphatic heterocycles. The predicted molar refractivity (Wildman–Crippen MR) is 91.2 cm³/mol. The monoisotopic (exact) mass is 328 g/mol. The Balaban J connectivity index is 1.77. The zero-order valence-corrected chi connectivity index (χ0v) is 14.2. The topological polar surface area (TPSA) is 61.6 Å². The van der Waals surface area contributed by atoms with Gasteiger partial charge in [-0.3, -0.25) is 9.69 Å². The van der Waals surface area contributed by atoms with E-state index < -0.39 is 6.10 Å². The summed E-state index contributed by atoms with van der Waals surface area (Å²) in [6.07, 6.45) is 2.59. The number of hydrogen-bond acceptors (Lipinski definition) is 4. The van der Waals surface area contributed by atoms with E-state index in [4.69, 9.17) is 0 Å². The maximum Gasteiger partial charge on any atom is 0.256 e. The molecule has 1 N–H and O–H groups in total. The van der Waals surface area contributed by atoms with Gasteiger partial charge in [0.15, 0.2) is 6.10 Å². The fourth-order valence-electron chi connectivity index (χ4n) is 3.29. The van der Waals surface area contributed by atoms with Crippen molar-refractivity contribution in [1.29, 1.82) is 0 Å². The van der Waals surface area contributed by atoms with Crippen LogP contribution in [-0.4, -0.2) is 56.5 Å². The molecular weight excluding hydrogens is 304 g/mol. The molecule has 3 rings (SSSR count). The molecule has 1 unspecified atom stereocenters. The summed E-state index contributed by atoms with van der Waals surface area (Å²) >= 11 is 0. The van der Waals surface area contributed by atoms with E-state index in [1.165, 1.54) is 0 Å². The summed E-state index contributed by atoms with van der Waals surface area (Å²) in [7, 11) is 1.97. The second kappa shape index (κ2) is 7.15. The van der Waals surface area contributed by atoms with Gasteiger partial charge in [-0.2, -0.15) is 0 Å². The molecule has 24 heavy (non-hydrogen) atoms. The van der Waals surface area contributed by atoms with Crippen LogP contribution in [0.1, 0.15) is 30.5 Å². The molecule has 6 heteroatoms. The number of likely N-dealkylation sites (N-methyl/N-ethyl adjacent to an activating group) is 1. The van der Waals surface area contributed by atoms with Gasteiger partial charge in [0, 0.05) is 39.1 Å². The van der Waals surface area contributed by atoms with Crippen molar-refractivity contribution in [2.24, 2.45) is 7.05 Å². The van der Waals surface area contributed by atoms with Crippen molar-refractivity contribution in [2.45, 2.75) is 19.1 Å². The van der Waals surface area contributed by atoms with Gasteiger partial charge >= 0.3 is 0 Å². The van der Waals surface area contributed by atoms with Gasteiger partial charge in [0.2, 0.25) is 0 Å². The van der Waals surface area contributed by atoms with E-state index in [-0.39, 0.29) is 11.9 Å². The largest absolute Gasteiger partial charge is 0.378 e. The molecule has 1 amide bonds. The third kappa shape index (κ3) is 3.20. The molecule has 2 atom stereocenters. The van der Waals surface area contributed by atoms with Crippen LogP contribution >= 0.6 is 0 Å². The highest BCUT2D eigenvalue weighted by Crippen LogP contribution is 2.26. The van der Waals surface area contributed by atoms with Gasteiger partial charge in [-0.05, 0) is 12.1 Å². The van der Waals surface area contributed by atoms with Gasteiger partial charge in [0.1, 0.15) is 5.82 Å². The van der Waals surface area contributed by atoms with Crippen LogP contribution in [0.25, 0.3) is 0 Å². The maximum atomic E-state index is 12.7. The van der Waals surface area contributed by atoms with Crippen LogP contribution in [0.3, 0.4) is 0 Å². The lowest BCUT2D eigenvalue weighted by Crippen LogP contribution is -2.52. The van der Waals surface area contributed by atoms with E-state index in [1.54, 1.807) is 23.2 Å². The molecule has 0 spiro atoms. The van der Waals surface area contributed by atoms with Crippen molar-refractivity contribution in [1.82, 2.24) is 19.4 Å². The van der Waals surface area contributed by atoms with Crippen LogP contribution in [0.4, 0.5) is 0 Å². The number of aliphatic hydroxyl groups excluding tert-OH is 1. The van der Waals surface area contributed by atoms with Crippen molar-refractivity contribution >= 4 is 5.91 Å². The number of piperazine rings is 1. The molecular formula is C18H24N4O2. The first-order chi connectivity index (χ1) is 11.6. The number of aromatic nitrogens is 2. The smallest absolute Gasteiger partial charge is 0.256 e. The molecule has 2 aromatic rings. The third-order valence-electron chi connectivity index (χ3n) is 4.71. The molecule has 1 aliphatic rings. The quantitative estimate of drug-likeness (QED) is 0.920. The highest BCUT2D eigenvalue weighted by atomic mass is 16.3. The van der Waals surface area contributed by atoms with E-state index in [1.807, 2.05) is 36.0 Å². The Bertz CT molecular complexity index is 685. The summed E-state index contributed by atoms with van der Waals surface area (Å²) in [5, 5.41) is 10.4. The van der Waals surface area contributed by atoms with Crippen LogP contribution in [0.5, 0.6) is 0 Å². The molecule has 0 radical (unpaired) electrons. The Labute approximate surface area is 142 Å². The first kappa shape index (κ1) is 16.7. The fraction of sp³-hybridized carbons (Fsp3) is 0.444. The lowest BCUT2D eigenvalue weighted by Gasteiger charge is -2.41. The number of aryl methyl sites for hydroxylation is 1. The Morgan fingerprint density at radius 2 is 2.08 bits per heavy atom. The van der Waals surface area contributed by atoms with Gasteiger partial charge in [-0.25, -0.2) is 4.98 Å². The summed E-state index contributed by atoms with van der Waals surface area (Å²) in [6.45, 7) is 4.97. The average Bonchev–Trinajstić information content (AvgIpc) is 3.06. The molecule has 0 bridgehead atoms. The molecule has 1 saturated heterocycles. The maximum absolute atomic E-state index is 12.7. The molecule has 1 fully saturated rings. The molecule has 1 aromatic carbocycles. The first-order valence-corrected chi connectivity index (χ1v) is 8.35. The molecule has 128 valence electrons. The minimum atomic E-state index is -1.11. The number of nitrogens with zero attached hydrogens (tertiary/aromatic N) is 4. The fourth-order valence-corrected chi connectivity index (χ4v) is 3.29. The number of carbonyl (C=O) groups excluding carboxylic acids is 1. The van der Waals surface area contributed by atoms with Crippen LogP contribution in [0.15, 0.2) is 42.7 Å². The Hall–Kier alpha value is -2.18. The number of amides is 1. The molecule has 0 aliphatic carbocycles. The summed E-state index contributed by atoms with van der Waals surface area (Å²) in [6, 6.07) is 9.14. The van der Waals surface area contributed by atoms with E-state index >= 15 is 0 Å². The number of aliphatic hydroxyl groups is 1. The highest BCUT2D eigenvalue weighted by Gasteiger charge is 2.34. The van der Waals surface area contributed by atoms with Crippen molar-refractivity contribution in [3.63, 3.8) is 0 Å². The van der Waals surface area contributed by atoms with Gasteiger partial charge < -0.3 is 14.6 Å². The number of imidazole rings is 1. The highest BCUT2D eigenvalue weighted by molar-refractivity contribution is 5.82. The lowest BCUT2D eigenvalue weighted by molar-refractivity contribution is -0.143. The van der Waals surface area contributed by atoms with Gasteiger partial charge in [0.25, 0.3) is 5.91 Å². The van der Waals surface area contributed by atoms with Crippen LogP contribution in [0.2, 0.25) is 0 Å². The van der Waals surface area contributed by atoms with Crippen molar-refractivity contribution in [3.05, 3.63) is 54.1 Å². The molecule has 6 nitrogen and oxygen atoms in total. The lowest BCUT2D eigenvalue weighted by atomic mass is 10.1. The zero-order chi connectivity index (χ0) is 17.1. The SMILES string of the molecule is CCN1CCN(C(=O)[C@@H](O)c2ccccc2)CC1c1nccn1C. The molecule has 2 heterocycles. The second-order valence-electron chi connectivity index (χ2n) is 6.14. The van der Waals surface area contributed by atoms with Gasteiger partial charge in [0.05, 0.1) is 6.04 Å². The van der Waals surface area contributed by atoms with Gasteiger partial charge in [-0.1, -0.05) is 37.3 Å². The third-order valence-corrected chi connectivity index (χ3v) is 4.71. The van der Waals surface area contributed by atoms with Crippen molar-refractivity contribution in [3.8, 4) is 0 Å². The summed E-state index contributed by atoms with van der Waals surface area (Å²) in [4.78, 5) is 21.3. The number of hydrogen-bond donors (Lipinski definition) is 1. The normalized spacial score (nSPS) is 20.1. The number of rotatable bonds is 4. The van der Waals surface area contributed by atoms with Crippen LogP contribution in [-0.2, 0) is 11.8 Å². The zero-order valence-electron chi connectivity index (χ0n) is 14.2.